The Labute approximate surface area is 101 Å². The van der Waals surface area contributed by atoms with Crippen molar-refractivity contribution < 1.29 is 20.1 Å². The van der Waals surface area contributed by atoms with Gasteiger partial charge in [-0.1, -0.05) is 12.1 Å². The Hall–Kier alpha value is -0.630. The van der Waals surface area contributed by atoms with Crippen LogP contribution in [0.3, 0.4) is 0 Å². The van der Waals surface area contributed by atoms with Crippen molar-refractivity contribution in [2.75, 3.05) is 0 Å². The molecular formula is C8H8B2O4S2. The zero-order chi connectivity index (χ0) is 11.7. The van der Waals surface area contributed by atoms with Gasteiger partial charge in [0.15, 0.2) is 0 Å². The summed E-state index contributed by atoms with van der Waals surface area (Å²) in [6.45, 7) is 0. The van der Waals surface area contributed by atoms with E-state index in [0.717, 1.165) is 0 Å². The maximum absolute atomic E-state index is 9.16. The summed E-state index contributed by atoms with van der Waals surface area (Å²) >= 11 is 2.67. The van der Waals surface area contributed by atoms with Crippen molar-refractivity contribution in [2.24, 2.45) is 0 Å². The third-order valence-electron chi connectivity index (χ3n) is 2.15. The topological polar surface area (TPSA) is 80.9 Å². The van der Waals surface area contributed by atoms with E-state index in [1.165, 1.54) is 22.7 Å². The SMILES string of the molecule is OB(O)c1ccsc1-c1sccc1B(O)O. The Morgan fingerprint density at radius 3 is 1.44 bits per heavy atom. The van der Waals surface area contributed by atoms with Crippen molar-refractivity contribution in [3.05, 3.63) is 22.9 Å². The van der Waals surface area contributed by atoms with Crippen LogP contribution < -0.4 is 10.9 Å². The quantitative estimate of drug-likeness (QED) is 0.520. The fourth-order valence-electron chi connectivity index (χ4n) is 1.41. The first-order valence-corrected chi connectivity index (χ1v) is 6.24. The van der Waals surface area contributed by atoms with Gasteiger partial charge in [-0.15, -0.1) is 22.7 Å². The average molecular weight is 254 g/mol. The molecule has 0 atom stereocenters. The number of rotatable bonds is 3. The van der Waals surface area contributed by atoms with E-state index in [4.69, 9.17) is 20.1 Å². The molecule has 0 saturated heterocycles. The molecule has 0 fully saturated rings. The second-order valence-corrected chi connectivity index (χ2v) is 4.99. The van der Waals surface area contributed by atoms with Gasteiger partial charge < -0.3 is 20.1 Å². The minimum absolute atomic E-state index is 0.384. The van der Waals surface area contributed by atoms with Crippen LogP contribution in [0, 0.1) is 0 Å². The van der Waals surface area contributed by atoms with Gasteiger partial charge in [0.2, 0.25) is 0 Å². The molecule has 82 valence electrons. The molecule has 0 bridgehead atoms. The van der Waals surface area contributed by atoms with Crippen LogP contribution >= 0.6 is 22.7 Å². The molecule has 0 saturated carbocycles. The highest BCUT2D eigenvalue weighted by atomic mass is 32.1. The molecule has 0 aromatic carbocycles. The van der Waals surface area contributed by atoms with Crippen LogP contribution in [0.15, 0.2) is 22.9 Å². The van der Waals surface area contributed by atoms with Crippen LogP contribution in [-0.2, 0) is 0 Å². The summed E-state index contributed by atoms with van der Waals surface area (Å²) in [6, 6.07) is 3.22. The molecule has 0 spiro atoms. The van der Waals surface area contributed by atoms with Gasteiger partial charge in [0.05, 0.1) is 0 Å². The predicted octanol–water partition coefficient (Wildman–Crippen LogP) is -1.16. The molecule has 2 aromatic rings. The highest BCUT2D eigenvalue weighted by molar-refractivity contribution is 7.22. The largest absolute Gasteiger partial charge is 0.489 e. The smallest absolute Gasteiger partial charge is 0.423 e. The molecular weight excluding hydrogens is 246 g/mol. The van der Waals surface area contributed by atoms with E-state index in [-0.39, 0.29) is 0 Å². The Kier molecular flexibility index (Phi) is 3.48. The Morgan fingerprint density at radius 1 is 0.750 bits per heavy atom. The zero-order valence-electron chi connectivity index (χ0n) is 8.07. The van der Waals surface area contributed by atoms with E-state index in [1.54, 1.807) is 22.9 Å². The lowest BCUT2D eigenvalue weighted by atomic mass is 9.76. The molecule has 4 nitrogen and oxygen atoms in total. The van der Waals surface area contributed by atoms with Gasteiger partial charge in [-0.05, 0) is 10.8 Å². The van der Waals surface area contributed by atoms with Crippen LogP contribution in [-0.4, -0.2) is 34.3 Å². The summed E-state index contributed by atoms with van der Waals surface area (Å²) in [7, 11) is -3.10. The Morgan fingerprint density at radius 2 is 1.12 bits per heavy atom. The fourth-order valence-corrected chi connectivity index (χ4v) is 3.47. The molecule has 2 heterocycles. The first kappa shape index (κ1) is 11.8. The van der Waals surface area contributed by atoms with Crippen molar-refractivity contribution in [3.63, 3.8) is 0 Å². The molecule has 0 amide bonds. The van der Waals surface area contributed by atoms with Gasteiger partial charge >= 0.3 is 14.2 Å². The summed E-state index contributed by atoms with van der Waals surface area (Å²) in [5.74, 6) is 0. The van der Waals surface area contributed by atoms with Crippen molar-refractivity contribution in [3.8, 4) is 9.75 Å². The maximum atomic E-state index is 9.16. The molecule has 0 aliphatic heterocycles. The first-order valence-electron chi connectivity index (χ1n) is 4.48. The van der Waals surface area contributed by atoms with Crippen LogP contribution in [0.5, 0.6) is 0 Å². The second kappa shape index (κ2) is 4.70. The lowest BCUT2D eigenvalue weighted by Crippen LogP contribution is -2.33. The highest BCUT2D eigenvalue weighted by Crippen LogP contribution is 2.26. The Bertz CT molecular complexity index is 436. The lowest BCUT2D eigenvalue weighted by molar-refractivity contribution is 0.424. The Balaban J connectivity index is 2.50. The van der Waals surface area contributed by atoms with Crippen molar-refractivity contribution in [2.45, 2.75) is 0 Å². The van der Waals surface area contributed by atoms with Crippen LogP contribution in [0.1, 0.15) is 0 Å². The van der Waals surface area contributed by atoms with Crippen molar-refractivity contribution in [1.29, 1.82) is 0 Å². The van der Waals surface area contributed by atoms with E-state index in [9.17, 15) is 0 Å². The summed E-state index contributed by atoms with van der Waals surface area (Å²) < 4.78 is 0. The van der Waals surface area contributed by atoms with Crippen molar-refractivity contribution in [1.82, 2.24) is 0 Å². The molecule has 0 aliphatic carbocycles. The second-order valence-electron chi connectivity index (χ2n) is 3.16. The standard InChI is InChI=1S/C8H8B2O4S2/c11-9(12)5-1-3-15-7(5)8-6(10(13)14)2-4-16-8/h1-4,11-14H. The average Bonchev–Trinajstić information content (AvgIpc) is 2.85. The van der Waals surface area contributed by atoms with Crippen molar-refractivity contribution >= 4 is 47.8 Å². The minimum atomic E-state index is -1.55. The molecule has 0 unspecified atom stereocenters. The molecule has 4 N–H and O–H groups in total. The van der Waals surface area contributed by atoms with Crippen LogP contribution in [0.25, 0.3) is 9.75 Å². The van der Waals surface area contributed by atoms with Crippen LogP contribution in [0.4, 0.5) is 0 Å². The van der Waals surface area contributed by atoms with Gasteiger partial charge in [-0.2, -0.15) is 0 Å². The van der Waals surface area contributed by atoms with E-state index in [2.05, 4.69) is 0 Å². The van der Waals surface area contributed by atoms with E-state index >= 15 is 0 Å². The summed E-state index contributed by atoms with van der Waals surface area (Å²) in [4.78, 5) is 1.32. The molecule has 0 radical (unpaired) electrons. The summed E-state index contributed by atoms with van der Waals surface area (Å²) in [5, 5.41) is 40.1. The normalized spacial score (nSPS) is 10.5. The maximum Gasteiger partial charge on any atom is 0.489 e. The molecule has 2 aromatic heterocycles. The number of hydrogen-bond acceptors (Lipinski definition) is 6. The van der Waals surface area contributed by atoms with Gasteiger partial charge in [0.25, 0.3) is 0 Å². The highest BCUT2D eigenvalue weighted by Gasteiger charge is 2.24. The third-order valence-corrected chi connectivity index (χ3v) is 4.18. The number of hydrogen-bond donors (Lipinski definition) is 4. The third kappa shape index (κ3) is 2.08. The van der Waals surface area contributed by atoms with E-state index in [0.29, 0.717) is 20.7 Å². The minimum Gasteiger partial charge on any atom is -0.423 e. The van der Waals surface area contributed by atoms with Gasteiger partial charge in [-0.3, -0.25) is 0 Å². The lowest BCUT2D eigenvalue weighted by Gasteiger charge is -2.03. The van der Waals surface area contributed by atoms with E-state index < -0.39 is 14.2 Å². The zero-order valence-corrected chi connectivity index (χ0v) is 9.70. The summed E-state index contributed by atoms with van der Waals surface area (Å²) in [5.41, 5.74) is 0.767. The predicted molar refractivity (Wildman–Crippen MR) is 67.3 cm³/mol. The van der Waals surface area contributed by atoms with Gasteiger partial charge in [0, 0.05) is 20.7 Å². The van der Waals surface area contributed by atoms with Gasteiger partial charge in [0.1, 0.15) is 0 Å². The van der Waals surface area contributed by atoms with E-state index in [1.807, 2.05) is 0 Å². The molecule has 8 heteroatoms. The molecule has 2 rings (SSSR count). The summed E-state index contributed by atoms with van der Waals surface area (Å²) in [6.07, 6.45) is 0. The van der Waals surface area contributed by atoms with Crippen LogP contribution in [0.2, 0.25) is 0 Å². The first-order chi connectivity index (χ1) is 7.61. The van der Waals surface area contributed by atoms with Gasteiger partial charge in [-0.25, -0.2) is 0 Å². The monoisotopic (exact) mass is 254 g/mol. The molecule has 0 aliphatic rings. The fraction of sp³-hybridized carbons (Fsp3) is 0. The number of thiophene rings is 2. The molecule has 16 heavy (non-hydrogen) atoms.